The molecule has 2 aromatic heterocycles. The highest BCUT2D eigenvalue weighted by Gasteiger charge is 2.35. The lowest BCUT2D eigenvalue weighted by molar-refractivity contribution is 0.0947. The van der Waals surface area contributed by atoms with Gasteiger partial charge in [0.2, 0.25) is 0 Å². The van der Waals surface area contributed by atoms with Gasteiger partial charge in [-0.3, -0.25) is 14.4 Å². The summed E-state index contributed by atoms with van der Waals surface area (Å²) in [5.74, 6) is 0.449. The number of anilines is 2. The molecule has 2 amide bonds. The fraction of sp³-hybridized carbons (Fsp3) is 0.370. The molecule has 2 aliphatic rings. The van der Waals surface area contributed by atoms with E-state index in [1.54, 1.807) is 30.3 Å². The minimum absolute atomic E-state index is 0.0463. The third kappa shape index (κ3) is 4.97. The number of hydrogen-bond acceptors (Lipinski definition) is 5. The number of carbonyl (C=O) groups is 2. The van der Waals surface area contributed by atoms with E-state index in [1.165, 1.54) is 0 Å². The first-order valence-corrected chi connectivity index (χ1v) is 13.0. The quantitative estimate of drug-likeness (QED) is 0.470. The van der Waals surface area contributed by atoms with Crippen LogP contribution in [0.25, 0.3) is 0 Å². The second-order valence-electron chi connectivity index (χ2n) is 10.00. The number of furan rings is 1. The maximum absolute atomic E-state index is 13.0. The van der Waals surface area contributed by atoms with Crippen LogP contribution in [0.5, 0.6) is 0 Å². The van der Waals surface area contributed by atoms with Crippen molar-refractivity contribution in [3.63, 3.8) is 0 Å². The van der Waals surface area contributed by atoms with E-state index >= 15 is 0 Å². The lowest BCUT2D eigenvalue weighted by atomic mass is 9.83. The number of amides is 2. The Bertz CT molecular complexity index is 1360. The molecular weight excluding hydrogens is 524 g/mol. The number of halogens is 1. The number of fused-ring (bicyclic) bond motifs is 4. The molecule has 0 saturated carbocycles. The van der Waals surface area contributed by atoms with Gasteiger partial charge >= 0.3 is 0 Å². The maximum atomic E-state index is 13.0. The average Bonchev–Trinajstić information content (AvgIpc) is 3.29. The summed E-state index contributed by atoms with van der Waals surface area (Å²) in [6.07, 6.45) is 1.03. The molecule has 9 heteroatoms. The van der Waals surface area contributed by atoms with Crippen LogP contribution in [0.3, 0.4) is 0 Å². The van der Waals surface area contributed by atoms with E-state index < -0.39 is 5.91 Å². The van der Waals surface area contributed by atoms with Gasteiger partial charge in [-0.15, -0.1) is 0 Å². The molecule has 1 fully saturated rings. The number of piperidine rings is 1. The van der Waals surface area contributed by atoms with Crippen molar-refractivity contribution >= 4 is 39.1 Å². The molecule has 1 aromatic carbocycles. The molecule has 1 saturated heterocycles. The van der Waals surface area contributed by atoms with Crippen LogP contribution >= 0.6 is 15.9 Å². The first-order valence-electron chi connectivity index (χ1n) is 12.2. The third-order valence-electron chi connectivity index (χ3n) is 6.80. The highest BCUT2D eigenvalue weighted by molar-refractivity contribution is 9.10. The van der Waals surface area contributed by atoms with E-state index in [0.29, 0.717) is 47.4 Å². The van der Waals surface area contributed by atoms with Crippen LogP contribution in [0.1, 0.15) is 52.8 Å². The van der Waals surface area contributed by atoms with Crippen molar-refractivity contribution in [2.45, 2.75) is 32.7 Å². The van der Waals surface area contributed by atoms with E-state index in [0.717, 1.165) is 24.3 Å². The molecule has 36 heavy (non-hydrogen) atoms. The molecule has 2 bridgehead atoms. The molecule has 2 atom stereocenters. The summed E-state index contributed by atoms with van der Waals surface area (Å²) in [4.78, 5) is 40.4. The molecule has 2 N–H and O–H groups in total. The Hall–Kier alpha value is -3.33. The fourth-order valence-corrected chi connectivity index (χ4v) is 5.47. The van der Waals surface area contributed by atoms with Gasteiger partial charge in [0.25, 0.3) is 17.4 Å². The Morgan fingerprint density at radius 1 is 1.08 bits per heavy atom. The Morgan fingerprint density at radius 3 is 2.67 bits per heavy atom. The molecule has 0 spiro atoms. The summed E-state index contributed by atoms with van der Waals surface area (Å²) in [7, 11) is 0. The largest absolute Gasteiger partial charge is 0.444 e. The van der Waals surface area contributed by atoms with Gasteiger partial charge in [0.05, 0.1) is 11.4 Å². The second-order valence-corrected chi connectivity index (χ2v) is 10.8. The molecule has 5 rings (SSSR count). The van der Waals surface area contributed by atoms with E-state index in [2.05, 4.69) is 31.5 Å². The van der Waals surface area contributed by atoms with Crippen molar-refractivity contribution in [1.29, 1.82) is 0 Å². The average molecular weight is 553 g/mol. The number of benzene rings is 1. The predicted molar refractivity (Wildman–Crippen MR) is 142 cm³/mol. The normalized spacial score (nSPS) is 18.6. The van der Waals surface area contributed by atoms with Crippen LogP contribution < -0.4 is 21.1 Å². The fourth-order valence-electron chi connectivity index (χ4n) is 5.17. The predicted octanol–water partition coefficient (Wildman–Crippen LogP) is 4.47. The van der Waals surface area contributed by atoms with Crippen molar-refractivity contribution in [3.05, 3.63) is 80.6 Å². The van der Waals surface area contributed by atoms with Crippen molar-refractivity contribution in [2.24, 2.45) is 11.8 Å². The van der Waals surface area contributed by atoms with E-state index in [1.807, 2.05) is 36.6 Å². The Morgan fingerprint density at radius 2 is 1.92 bits per heavy atom. The van der Waals surface area contributed by atoms with Crippen LogP contribution in [0.15, 0.2) is 62.4 Å². The van der Waals surface area contributed by atoms with Gasteiger partial charge in [0, 0.05) is 49.4 Å². The monoisotopic (exact) mass is 552 g/mol. The number of rotatable bonds is 6. The standard InChI is InChI=1S/C27H29BrN4O4/c1-16(2)12-29-26(34)18-6-7-22(20(11-18)30-27(35)23-8-9-24(28)36-23)31-13-17-10-19(15-31)21-4-3-5-25(33)32(21)14-17/h3-9,11,16-17,19H,10,12-15H2,1-2H3,(H,29,34)(H,30,35). The molecule has 188 valence electrons. The molecule has 0 aliphatic carbocycles. The molecule has 2 unspecified atom stereocenters. The van der Waals surface area contributed by atoms with Crippen LogP contribution in [-0.2, 0) is 6.54 Å². The van der Waals surface area contributed by atoms with Gasteiger partial charge in [-0.2, -0.15) is 0 Å². The summed E-state index contributed by atoms with van der Waals surface area (Å²) in [6.45, 7) is 6.79. The van der Waals surface area contributed by atoms with Gasteiger partial charge < -0.3 is 24.5 Å². The van der Waals surface area contributed by atoms with Gasteiger partial charge in [-0.25, -0.2) is 0 Å². The summed E-state index contributed by atoms with van der Waals surface area (Å²) in [5, 5.41) is 5.90. The van der Waals surface area contributed by atoms with Crippen LogP contribution in [0.2, 0.25) is 0 Å². The zero-order valence-corrected chi connectivity index (χ0v) is 21.9. The van der Waals surface area contributed by atoms with Gasteiger partial charge in [-0.1, -0.05) is 19.9 Å². The molecule has 4 heterocycles. The number of pyridine rings is 1. The highest BCUT2D eigenvalue weighted by atomic mass is 79.9. The van der Waals surface area contributed by atoms with Gasteiger partial charge in [0.1, 0.15) is 0 Å². The summed E-state index contributed by atoms with van der Waals surface area (Å²) < 4.78 is 7.80. The van der Waals surface area contributed by atoms with E-state index in [4.69, 9.17) is 4.42 Å². The SMILES string of the molecule is CC(C)CNC(=O)c1ccc(N2CC3CC(C2)c2cccc(=O)n2C3)c(NC(=O)c2ccc(Br)o2)c1. The Labute approximate surface area is 217 Å². The van der Waals surface area contributed by atoms with Gasteiger partial charge in [0.15, 0.2) is 10.4 Å². The van der Waals surface area contributed by atoms with Gasteiger partial charge in [-0.05, 0) is 70.6 Å². The third-order valence-corrected chi connectivity index (χ3v) is 7.22. The minimum atomic E-state index is -0.393. The first kappa shape index (κ1) is 24.4. The smallest absolute Gasteiger partial charge is 0.291 e. The number of nitrogens with one attached hydrogen (secondary N) is 2. The van der Waals surface area contributed by atoms with Crippen LogP contribution in [0.4, 0.5) is 11.4 Å². The number of nitrogens with zero attached hydrogens (tertiary/aromatic N) is 2. The molecule has 8 nitrogen and oxygen atoms in total. The lowest BCUT2D eigenvalue weighted by Crippen LogP contribution is -2.47. The zero-order valence-electron chi connectivity index (χ0n) is 20.3. The molecule has 2 aliphatic heterocycles. The van der Waals surface area contributed by atoms with Crippen molar-refractivity contribution < 1.29 is 14.0 Å². The van der Waals surface area contributed by atoms with Crippen LogP contribution in [0, 0.1) is 11.8 Å². The maximum Gasteiger partial charge on any atom is 0.291 e. The Kier molecular flexibility index (Phi) is 6.75. The minimum Gasteiger partial charge on any atom is -0.444 e. The number of aromatic nitrogens is 1. The van der Waals surface area contributed by atoms with Crippen molar-refractivity contribution in [3.8, 4) is 0 Å². The van der Waals surface area contributed by atoms with E-state index in [9.17, 15) is 14.4 Å². The van der Waals surface area contributed by atoms with Crippen molar-refractivity contribution in [1.82, 2.24) is 9.88 Å². The van der Waals surface area contributed by atoms with Crippen LogP contribution in [-0.4, -0.2) is 36.0 Å². The number of hydrogen-bond donors (Lipinski definition) is 2. The number of carbonyl (C=O) groups excluding carboxylic acids is 2. The van der Waals surface area contributed by atoms with Crippen molar-refractivity contribution in [2.75, 3.05) is 29.9 Å². The summed E-state index contributed by atoms with van der Waals surface area (Å²) >= 11 is 3.24. The first-order chi connectivity index (χ1) is 17.3. The summed E-state index contributed by atoms with van der Waals surface area (Å²) in [5.41, 5.74) is 2.97. The second kappa shape index (κ2) is 9.97. The topological polar surface area (TPSA) is 96.6 Å². The summed E-state index contributed by atoms with van der Waals surface area (Å²) in [6, 6.07) is 14.2. The molecule has 0 radical (unpaired) electrons. The lowest BCUT2D eigenvalue weighted by Gasteiger charge is -2.44. The Balaban J connectivity index is 1.46. The van der Waals surface area contributed by atoms with E-state index in [-0.39, 0.29) is 23.1 Å². The molecular formula is C27H29BrN4O4. The highest BCUT2D eigenvalue weighted by Crippen LogP contribution is 2.39. The molecule has 3 aromatic rings. The zero-order chi connectivity index (χ0) is 25.4.